The van der Waals surface area contributed by atoms with Crippen LogP contribution in [0.3, 0.4) is 0 Å². The lowest BCUT2D eigenvalue weighted by Crippen LogP contribution is -2.53. The lowest BCUT2D eigenvalue weighted by Gasteiger charge is -2.43. The average Bonchev–Trinajstić information content (AvgIpc) is 3.23. The van der Waals surface area contributed by atoms with Crippen molar-refractivity contribution in [2.24, 2.45) is 5.41 Å². The molecule has 2 fully saturated rings. The predicted octanol–water partition coefficient (Wildman–Crippen LogP) is 2.78. The van der Waals surface area contributed by atoms with E-state index in [-0.39, 0.29) is 12.1 Å². The van der Waals surface area contributed by atoms with Gasteiger partial charge in [0.05, 0.1) is 6.61 Å². The van der Waals surface area contributed by atoms with Crippen molar-refractivity contribution in [3.05, 3.63) is 0 Å². The molecule has 2 rings (SSSR count). The Balaban J connectivity index is 1.83. The van der Waals surface area contributed by atoms with Gasteiger partial charge in [0.15, 0.2) is 0 Å². The summed E-state index contributed by atoms with van der Waals surface area (Å²) in [6, 6.07) is 1.21. The van der Waals surface area contributed by atoms with Crippen LogP contribution in [0.25, 0.3) is 0 Å². The number of aliphatic hydroxyl groups is 1. The minimum absolute atomic E-state index is 0.105. The molecule has 20 heavy (non-hydrogen) atoms. The van der Waals surface area contributed by atoms with Crippen LogP contribution in [0.2, 0.25) is 0 Å². The summed E-state index contributed by atoms with van der Waals surface area (Å²) in [7, 11) is 0. The monoisotopic (exact) mass is 282 g/mol. The molecule has 1 aliphatic heterocycles. The highest BCUT2D eigenvalue weighted by molar-refractivity contribution is 4.95. The quantitative estimate of drug-likeness (QED) is 0.754. The highest BCUT2D eigenvalue weighted by atomic mass is 16.3. The van der Waals surface area contributed by atoms with Crippen LogP contribution < -0.4 is 5.32 Å². The highest BCUT2D eigenvalue weighted by Gasteiger charge is 2.36. The fourth-order valence-corrected chi connectivity index (χ4v) is 3.53. The lowest BCUT2D eigenvalue weighted by molar-refractivity contribution is 0.0603. The molecule has 2 atom stereocenters. The molecule has 118 valence electrons. The molecule has 0 radical (unpaired) electrons. The zero-order valence-corrected chi connectivity index (χ0v) is 13.9. The molecule has 0 spiro atoms. The Kier molecular flexibility index (Phi) is 5.14. The summed E-state index contributed by atoms with van der Waals surface area (Å²) in [4.78, 5) is 2.62. The second-order valence-corrected chi connectivity index (χ2v) is 7.89. The van der Waals surface area contributed by atoms with Crippen molar-refractivity contribution in [2.75, 3.05) is 19.7 Å². The Bertz CT molecular complexity index is 308. The molecule has 0 aromatic rings. The number of piperidine rings is 1. The Labute approximate surface area is 125 Å². The molecule has 3 nitrogen and oxygen atoms in total. The van der Waals surface area contributed by atoms with Crippen molar-refractivity contribution in [3.63, 3.8) is 0 Å². The fourth-order valence-electron chi connectivity index (χ4n) is 3.53. The summed E-state index contributed by atoms with van der Waals surface area (Å²) in [5, 5.41) is 13.4. The maximum absolute atomic E-state index is 9.75. The van der Waals surface area contributed by atoms with Gasteiger partial charge in [-0.15, -0.1) is 0 Å². The molecule has 1 saturated carbocycles. The Morgan fingerprint density at radius 1 is 1.35 bits per heavy atom. The van der Waals surface area contributed by atoms with Crippen LogP contribution >= 0.6 is 0 Å². The van der Waals surface area contributed by atoms with Gasteiger partial charge in [0, 0.05) is 17.6 Å². The molecule has 0 aromatic heterocycles. The number of hydrogen-bond donors (Lipinski definition) is 2. The molecule has 0 amide bonds. The maximum Gasteiger partial charge on any atom is 0.0611 e. The van der Waals surface area contributed by atoms with E-state index in [4.69, 9.17) is 0 Å². The Hall–Kier alpha value is -0.120. The summed E-state index contributed by atoms with van der Waals surface area (Å²) in [6.07, 6.45) is 7.54. The fraction of sp³-hybridized carbons (Fsp3) is 1.00. The topological polar surface area (TPSA) is 35.5 Å². The zero-order chi connectivity index (χ0) is 14.8. The van der Waals surface area contributed by atoms with Crippen LogP contribution in [0.1, 0.15) is 66.2 Å². The minimum Gasteiger partial charge on any atom is -0.394 e. The van der Waals surface area contributed by atoms with Crippen molar-refractivity contribution >= 4 is 0 Å². The normalized spacial score (nSPS) is 28.1. The summed E-state index contributed by atoms with van der Waals surface area (Å²) in [5.41, 5.74) is 0.453. The number of nitrogens with one attached hydrogen (secondary N) is 1. The van der Waals surface area contributed by atoms with Crippen LogP contribution in [-0.2, 0) is 0 Å². The lowest BCUT2D eigenvalue weighted by atomic mass is 9.77. The largest absolute Gasteiger partial charge is 0.394 e. The van der Waals surface area contributed by atoms with E-state index in [0.717, 1.165) is 6.42 Å². The molecule has 2 aliphatic rings. The first-order valence-corrected chi connectivity index (χ1v) is 8.52. The van der Waals surface area contributed by atoms with Crippen LogP contribution in [0.15, 0.2) is 0 Å². The second kappa shape index (κ2) is 6.33. The highest BCUT2D eigenvalue weighted by Crippen LogP contribution is 2.35. The number of nitrogens with zero attached hydrogens (tertiary/aromatic N) is 1. The van der Waals surface area contributed by atoms with Gasteiger partial charge < -0.3 is 15.3 Å². The molecule has 1 heterocycles. The minimum atomic E-state index is -0.105. The number of likely N-dealkylation sites (tertiary alicyclic amines) is 1. The number of aliphatic hydroxyl groups excluding tert-OH is 1. The zero-order valence-electron chi connectivity index (χ0n) is 13.9. The van der Waals surface area contributed by atoms with Crippen LogP contribution in [0.4, 0.5) is 0 Å². The van der Waals surface area contributed by atoms with Gasteiger partial charge in [-0.1, -0.05) is 20.3 Å². The predicted molar refractivity (Wildman–Crippen MR) is 84.9 cm³/mol. The van der Waals surface area contributed by atoms with Gasteiger partial charge in [0.25, 0.3) is 0 Å². The molecule has 3 heteroatoms. The van der Waals surface area contributed by atoms with Gasteiger partial charge in [-0.3, -0.25) is 0 Å². The van der Waals surface area contributed by atoms with Crippen molar-refractivity contribution in [1.29, 1.82) is 0 Å². The molecule has 1 saturated heterocycles. The average molecular weight is 282 g/mol. The molecular weight excluding hydrogens is 248 g/mol. The van der Waals surface area contributed by atoms with E-state index in [0.29, 0.717) is 17.5 Å². The molecular formula is C17H34N2O. The Morgan fingerprint density at radius 3 is 2.40 bits per heavy atom. The van der Waals surface area contributed by atoms with Crippen molar-refractivity contribution in [1.82, 2.24) is 10.2 Å². The second-order valence-electron chi connectivity index (χ2n) is 7.89. The van der Waals surface area contributed by atoms with Gasteiger partial charge in [-0.25, -0.2) is 0 Å². The van der Waals surface area contributed by atoms with Gasteiger partial charge in [0.2, 0.25) is 0 Å². The van der Waals surface area contributed by atoms with Gasteiger partial charge in [-0.2, -0.15) is 0 Å². The standard InChI is InChI=1S/C17H34N2O/c1-5-16(3)8-10-19(11-9-16)14(2)12-17(4,13-20)18-15-6-7-15/h14-15,18,20H,5-13H2,1-4H3. The molecule has 0 aromatic carbocycles. The summed E-state index contributed by atoms with van der Waals surface area (Å²) >= 11 is 0. The first-order chi connectivity index (χ1) is 9.40. The van der Waals surface area contributed by atoms with E-state index < -0.39 is 0 Å². The van der Waals surface area contributed by atoms with E-state index in [2.05, 4.69) is 37.9 Å². The van der Waals surface area contributed by atoms with Crippen LogP contribution in [0, 0.1) is 5.41 Å². The smallest absolute Gasteiger partial charge is 0.0611 e. The summed E-state index contributed by atoms with van der Waals surface area (Å²) in [5.74, 6) is 0. The first-order valence-electron chi connectivity index (χ1n) is 8.52. The molecule has 2 N–H and O–H groups in total. The third kappa shape index (κ3) is 4.19. The molecule has 2 unspecified atom stereocenters. The van der Waals surface area contributed by atoms with E-state index in [1.54, 1.807) is 0 Å². The molecule has 1 aliphatic carbocycles. The van der Waals surface area contributed by atoms with E-state index >= 15 is 0 Å². The van der Waals surface area contributed by atoms with E-state index in [1.807, 2.05) is 0 Å². The van der Waals surface area contributed by atoms with Crippen LogP contribution in [-0.4, -0.2) is 47.3 Å². The van der Waals surface area contributed by atoms with E-state index in [9.17, 15) is 5.11 Å². The number of rotatable bonds is 7. The van der Waals surface area contributed by atoms with Crippen molar-refractivity contribution in [3.8, 4) is 0 Å². The van der Waals surface area contributed by atoms with Gasteiger partial charge in [0.1, 0.15) is 0 Å². The summed E-state index contributed by atoms with van der Waals surface area (Å²) in [6.45, 7) is 11.9. The third-order valence-corrected chi connectivity index (χ3v) is 5.71. The van der Waals surface area contributed by atoms with Crippen LogP contribution in [0.5, 0.6) is 0 Å². The van der Waals surface area contributed by atoms with Crippen molar-refractivity contribution < 1.29 is 5.11 Å². The SMILES string of the molecule is CCC1(C)CCN(C(C)CC(C)(CO)NC2CC2)CC1. The molecule has 0 bridgehead atoms. The Morgan fingerprint density at radius 2 is 1.95 bits per heavy atom. The van der Waals surface area contributed by atoms with Gasteiger partial charge >= 0.3 is 0 Å². The number of hydrogen-bond acceptors (Lipinski definition) is 3. The van der Waals surface area contributed by atoms with Gasteiger partial charge in [-0.05, 0) is 64.5 Å². The first kappa shape index (κ1) is 16.3. The van der Waals surface area contributed by atoms with E-state index in [1.165, 1.54) is 45.2 Å². The van der Waals surface area contributed by atoms with Crippen molar-refractivity contribution in [2.45, 2.75) is 83.8 Å². The third-order valence-electron chi connectivity index (χ3n) is 5.71. The summed E-state index contributed by atoms with van der Waals surface area (Å²) < 4.78 is 0. The maximum atomic E-state index is 9.75.